The zero-order valence-corrected chi connectivity index (χ0v) is 68.3. The predicted octanol–water partition coefficient (Wildman–Crippen LogP) is 23.5. The average Bonchev–Trinajstić information content (AvgIpc) is 0.888. The number of aliphatic hydroxyl groups is 1. The molecule has 6 N–H and O–H groups in total. The second kappa shape index (κ2) is 56.0. The molecule has 10 rings (SSSR count). The van der Waals surface area contributed by atoms with E-state index >= 15 is 0 Å². The van der Waals surface area contributed by atoms with Crippen LogP contribution in [0, 0.1) is 65.5 Å². The van der Waals surface area contributed by atoms with Crippen LogP contribution in [0.25, 0.3) is 4.98 Å². The molecule has 10 aromatic carbocycles. The van der Waals surface area contributed by atoms with Gasteiger partial charge in [-0.15, -0.1) is 4.91 Å². The molecule has 0 heterocycles. The standard InChI is InChI=1S/C12H8ClIO.C12H8IN2O.C12H8INO3.C12H10INO.C6H4FNO2.C6H5IO.C4H9NO2.C2H3N.C2H6O.CH4.2ClH.H2O.Sn/c13-9-5-1-3-7-11(9)15-12-8-4-2-6-10(12)14;13-9-5-1-3-7-11(9)16-12-8-4-2-6-10(12)15-14;13-9-5-1-3-7-11(9)17-12-8-4-2-6-10(12)14(15)16;13-9-5-1-3-7-11(9)15-12-8-4-2-6-10(12)14;7-5-3-1-2-4-6(5)8(9)10;7-5-3-1-2-4-6(5)8;1-4(2,3)7-5-6;2*1-2-3;;;;;/h1-8H;1-8H;1-8H;1-8H,14H2;1-4H;1-4,8H;1-3H3;1H3;3H,2H2,1H3;1H4;2*1H;1H2;/q;+1;;;;;;;;;;;;+2/p-2. The second-order valence-corrected chi connectivity index (χ2v) is 28.9. The maximum atomic E-state index is 12.4. The van der Waals surface area contributed by atoms with Gasteiger partial charge in [0.15, 0.2) is 10.3 Å². The fourth-order valence-electron chi connectivity index (χ4n) is 6.17. The number of nitrogens with zero attached hydrogens (tertiary/aromatic N) is 6. The number of halogens is 9. The molecule has 0 aliphatic heterocycles. The Balaban J connectivity index is 0. The van der Waals surface area contributed by atoms with E-state index in [0.29, 0.717) is 45.1 Å². The van der Waals surface area contributed by atoms with E-state index in [9.17, 15) is 29.5 Å². The van der Waals surface area contributed by atoms with Crippen molar-refractivity contribution in [1.82, 2.24) is 0 Å². The summed E-state index contributed by atoms with van der Waals surface area (Å²) in [5.74, 6) is 4.74. The summed E-state index contributed by atoms with van der Waals surface area (Å²) in [6.45, 7) is 8.64. The van der Waals surface area contributed by atoms with Crippen molar-refractivity contribution >= 4 is 184 Å². The van der Waals surface area contributed by atoms with Crippen LogP contribution in [0.15, 0.2) is 248 Å². The summed E-state index contributed by atoms with van der Waals surface area (Å²) >= 11 is 16.0. The van der Waals surface area contributed by atoms with Gasteiger partial charge >= 0.3 is 53.8 Å². The first-order valence-corrected chi connectivity index (χ1v) is 40.5. The molecular weight excluding hydrogens is 2010 g/mol. The monoisotopic (exact) mass is 2080 g/mol. The molecule has 30 heteroatoms. The van der Waals surface area contributed by atoms with Crippen molar-refractivity contribution in [2.24, 2.45) is 5.34 Å². The fraction of sp³-hybridized carbons (Fsp3) is 0.116. The van der Waals surface area contributed by atoms with E-state index in [1.54, 1.807) is 88.4 Å². The molecule has 0 aliphatic rings. The number of nitro benzene ring substituents is 2. The Morgan fingerprint density at radius 1 is 0.556 bits per heavy atom. The van der Waals surface area contributed by atoms with Gasteiger partial charge in [0.25, 0.3) is 0 Å². The van der Waals surface area contributed by atoms with Crippen LogP contribution in [0.1, 0.15) is 42.0 Å². The zero-order chi connectivity index (χ0) is 72.6. The van der Waals surface area contributed by atoms with Crippen LogP contribution in [0.4, 0.5) is 27.1 Å². The number of phenolic OH excluding ortho intramolecular Hbond substituents is 1. The summed E-state index contributed by atoms with van der Waals surface area (Å²) in [6.07, 6.45) is 0. The van der Waals surface area contributed by atoms with Crippen LogP contribution in [0.5, 0.6) is 51.7 Å². The average molecular weight is 2080 g/mol. The summed E-state index contributed by atoms with van der Waals surface area (Å²) in [6, 6.07) is 73.0. The predicted molar refractivity (Wildman–Crippen MR) is 436 cm³/mol. The number of hydrogen-bond acceptors (Lipinski definition) is 16. The van der Waals surface area contributed by atoms with Crippen molar-refractivity contribution in [3.05, 3.63) is 301 Å². The van der Waals surface area contributed by atoms with Gasteiger partial charge < -0.3 is 45.2 Å². The van der Waals surface area contributed by atoms with Crippen molar-refractivity contribution in [2.75, 3.05) is 12.3 Å². The van der Waals surface area contributed by atoms with Crippen molar-refractivity contribution in [3.8, 4) is 57.8 Å². The summed E-state index contributed by atoms with van der Waals surface area (Å²) in [5, 5.41) is 56.3. The summed E-state index contributed by atoms with van der Waals surface area (Å²) < 4.78 is 40.0. The molecule has 2 radical (unpaired) electrons. The number of phenols is 1. The number of ether oxygens (including phenoxy) is 4. The number of hydrogen-bond donors (Lipinski definition) is 3. The second-order valence-electron chi connectivity index (χ2n) is 18.4. The Morgan fingerprint density at radius 2 is 0.848 bits per heavy atom. The molecule has 0 fully saturated rings. The van der Waals surface area contributed by atoms with E-state index in [1.807, 2.05) is 158 Å². The minimum atomic E-state index is -0.826. The molecule has 0 spiro atoms. The number of anilines is 1. The molecule has 0 aliphatic carbocycles. The Morgan fingerprint density at radius 3 is 1.17 bits per heavy atom. The van der Waals surface area contributed by atoms with Crippen LogP contribution in [0.2, 0.25) is 5.02 Å². The van der Waals surface area contributed by atoms with E-state index in [1.165, 1.54) is 25.1 Å². The molecule has 99 heavy (non-hydrogen) atoms. The van der Waals surface area contributed by atoms with Gasteiger partial charge in [0.1, 0.15) is 45.8 Å². The van der Waals surface area contributed by atoms with E-state index < -0.39 is 45.8 Å². The third kappa shape index (κ3) is 41.0. The number of aromatic hydroxyl groups is 1. The van der Waals surface area contributed by atoms with Gasteiger partial charge in [-0.1, -0.05) is 140 Å². The molecule has 0 unspecified atom stereocenters. The number of nitrogen functional groups attached to an aromatic ring is 1. The third-order valence-electron chi connectivity index (χ3n) is 10.2. The third-order valence-corrected chi connectivity index (χ3v) is 15.0. The van der Waals surface area contributed by atoms with Gasteiger partial charge in [-0.25, -0.2) is 0 Å². The Kier molecular flexibility index (Phi) is 53.3. The van der Waals surface area contributed by atoms with E-state index in [2.05, 4.69) is 128 Å². The number of diazo groups is 1. The van der Waals surface area contributed by atoms with E-state index in [0.717, 1.165) is 47.2 Å². The van der Waals surface area contributed by atoms with Gasteiger partial charge in [0.05, 0.1) is 44.5 Å². The molecular formula is C69H67Cl3FI5N7O13Sn+. The molecule has 0 bridgehead atoms. The first-order valence-electron chi connectivity index (χ1n) is 27.5. The molecule has 10 aromatic rings. The summed E-state index contributed by atoms with van der Waals surface area (Å²) in [5.41, 5.74) is 5.91. The minimum absolute atomic E-state index is 0. The first kappa shape index (κ1) is 94.3. The Labute approximate surface area is 665 Å². The van der Waals surface area contributed by atoms with E-state index in [-0.39, 0.29) is 30.9 Å². The van der Waals surface area contributed by atoms with Crippen molar-refractivity contribution < 1.29 is 53.7 Å². The Hall–Kier alpha value is -6.72. The number of rotatable bonds is 11. The quantitative estimate of drug-likeness (QED) is 0.0206. The fourth-order valence-corrected chi connectivity index (χ4v) is 8.72. The molecule has 0 amide bonds. The number of aliphatic hydroxyl groups excluding tert-OH is 1. The molecule has 0 saturated heterocycles. The van der Waals surface area contributed by atoms with E-state index in [4.69, 9.17) is 75.0 Å². The summed E-state index contributed by atoms with van der Waals surface area (Å²) in [4.78, 5) is 36.4. The van der Waals surface area contributed by atoms with Gasteiger partial charge in [-0.05, 0) is 244 Å². The summed E-state index contributed by atoms with van der Waals surface area (Å²) in [7, 11) is 9.87. The van der Waals surface area contributed by atoms with Crippen molar-refractivity contribution in [2.45, 2.75) is 47.6 Å². The Bertz CT molecular complexity index is 3880. The number of para-hydroxylation sites is 12. The van der Waals surface area contributed by atoms with Crippen LogP contribution >= 0.6 is 142 Å². The van der Waals surface area contributed by atoms with Crippen LogP contribution in [0.3, 0.4) is 0 Å². The number of nitrogens with two attached hydrogens (primary N) is 1. The number of nitriles is 1. The van der Waals surface area contributed by atoms with Crippen LogP contribution < -0.4 is 24.7 Å². The first-order chi connectivity index (χ1) is 46.4. The molecule has 20 nitrogen and oxygen atoms in total. The molecule has 522 valence electrons. The molecule has 0 atom stereocenters. The van der Waals surface area contributed by atoms with Crippen molar-refractivity contribution in [1.29, 1.82) is 10.7 Å². The van der Waals surface area contributed by atoms with Gasteiger partial charge in [-0.2, -0.15) is 9.65 Å². The maximum absolute atomic E-state index is 12.4. The van der Waals surface area contributed by atoms with Gasteiger partial charge in [0, 0.05) is 31.7 Å². The number of benzene rings is 10. The van der Waals surface area contributed by atoms with Crippen LogP contribution in [-0.4, -0.2) is 56.6 Å². The zero-order valence-electron chi connectivity index (χ0n) is 52.4. The number of nitro groups is 2. The molecule has 0 aromatic heterocycles. The van der Waals surface area contributed by atoms with Gasteiger partial charge in [0.2, 0.25) is 22.7 Å². The SMILES string of the molecule is C.CC#N.CC(C)(C)ON=O.CCO.Clc1ccccc1Oc1ccccc1I.N#[N+]c1ccccc1Oc1ccccc1I.Nc1ccccc1Oc1ccccc1I.O.O=[N+]([O-])c1ccccc1F.O=[N+]([O-])c1ccccc1Oc1ccccc1I.Oc1ccccc1I.[Cl][Sn][Cl]. The van der Waals surface area contributed by atoms with Crippen LogP contribution in [-0.2, 0) is 4.84 Å². The topological polar surface area (TPSA) is 312 Å². The normalized spacial score (nSPS) is 9.14. The molecule has 0 saturated carbocycles. The van der Waals surface area contributed by atoms with Crippen molar-refractivity contribution in [3.63, 3.8) is 0 Å². The van der Waals surface area contributed by atoms with Gasteiger partial charge in [-0.3, -0.25) is 20.2 Å².